The number of aromatic hydroxyl groups is 1. The van der Waals surface area contributed by atoms with Gasteiger partial charge in [0.15, 0.2) is 10.7 Å². The van der Waals surface area contributed by atoms with Gasteiger partial charge in [-0.3, -0.25) is 9.47 Å². The van der Waals surface area contributed by atoms with Crippen molar-refractivity contribution in [2.45, 2.75) is 13.6 Å². The number of ether oxygens (including phenoxy) is 1. The number of benzene rings is 2. The smallest absolute Gasteiger partial charge is 0.221 e. The predicted molar refractivity (Wildman–Crippen MR) is 113 cm³/mol. The van der Waals surface area contributed by atoms with Crippen molar-refractivity contribution in [3.05, 3.63) is 59.7 Å². The zero-order valence-corrected chi connectivity index (χ0v) is 16.5. The summed E-state index contributed by atoms with van der Waals surface area (Å²) in [6.07, 6.45) is 0. The number of para-hydroxylation sites is 1. The molecule has 144 valence electrons. The van der Waals surface area contributed by atoms with E-state index in [9.17, 15) is 5.11 Å². The van der Waals surface area contributed by atoms with E-state index >= 15 is 0 Å². The molecule has 0 saturated carbocycles. The second kappa shape index (κ2) is 8.18. The van der Waals surface area contributed by atoms with Crippen LogP contribution in [-0.4, -0.2) is 45.9 Å². The first-order chi connectivity index (χ1) is 13.6. The first-order valence-electron chi connectivity index (χ1n) is 9.27. The lowest BCUT2D eigenvalue weighted by atomic mass is 10.1. The molecule has 1 aliphatic rings. The van der Waals surface area contributed by atoms with Gasteiger partial charge in [0.05, 0.1) is 25.4 Å². The Morgan fingerprint density at radius 3 is 2.61 bits per heavy atom. The minimum absolute atomic E-state index is 0.101. The minimum atomic E-state index is 0.101. The normalized spacial score (nSPS) is 15.5. The first kappa shape index (κ1) is 18.7. The molecule has 1 fully saturated rings. The van der Waals surface area contributed by atoms with Gasteiger partial charge in [-0.1, -0.05) is 54.7 Å². The van der Waals surface area contributed by atoms with Crippen molar-refractivity contribution in [3.63, 3.8) is 0 Å². The molecule has 4 rings (SSSR count). The molecule has 1 aromatic heterocycles. The Bertz CT molecular complexity index is 1040. The largest absolute Gasteiger partial charge is 0.493 e. The Balaban J connectivity index is 1.68. The number of rotatable bonds is 4. The molecule has 28 heavy (non-hydrogen) atoms. The number of nitrogens with zero attached hydrogens (tertiary/aromatic N) is 4. The van der Waals surface area contributed by atoms with Gasteiger partial charge in [0.2, 0.25) is 5.88 Å². The van der Waals surface area contributed by atoms with E-state index in [1.54, 1.807) is 0 Å². The van der Waals surface area contributed by atoms with Gasteiger partial charge in [-0.05, 0) is 18.6 Å². The van der Waals surface area contributed by atoms with Crippen LogP contribution in [0.5, 0.6) is 5.88 Å². The van der Waals surface area contributed by atoms with Crippen molar-refractivity contribution in [3.8, 4) is 5.88 Å². The molecule has 2 aromatic carbocycles. The van der Waals surface area contributed by atoms with Gasteiger partial charge in [0.25, 0.3) is 0 Å². The summed E-state index contributed by atoms with van der Waals surface area (Å²) < 4.78 is 7.28. The van der Waals surface area contributed by atoms with Crippen molar-refractivity contribution in [1.82, 2.24) is 9.47 Å². The topological polar surface area (TPSA) is 62.4 Å². The maximum absolute atomic E-state index is 10.9. The summed E-state index contributed by atoms with van der Waals surface area (Å²) in [5.74, 6) is 0.101. The second-order valence-electron chi connectivity index (χ2n) is 6.81. The van der Waals surface area contributed by atoms with Crippen LogP contribution in [0.2, 0.25) is 0 Å². The SMILES string of the molecule is Cc1ccccc1C(=S)N=Nc1c(O)n(CN2CCOCC2)c2ccccc12. The molecule has 0 bridgehead atoms. The highest BCUT2D eigenvalue weighted by molar-refractivity contribution is 7.80. The summed E-state index contributed by atoms with van der Waals surface area (Å²) in [6.45, 7) is 5.64. The van der Waals surface area contributed by atoms with Crippen molar-refractivity contribution in [2.75, 3.05) is 26.3 Å². The van der Waals surface area contributed by atoms with Crippen molar-refractivity contribution in [1.29, 1.82) is 0 Å². The van der Waals surface area contributed by atoms with Gasteiger partial charge in [-0.15, -0.1) is 10.2 Å². The van der Waals surface area contributed by atoms with Gasteiger partial charge in [-0.25, -0.2) is 0 Å². The van der Waals surface area contributed by atoms with Crippen LogP contribution in [0.15, 0.2) is 58.8 Å². The van der Waals surface area contributed by atoms with E-state index in [1.165, 1.54) is 0 Å². The zero-order chi connectivity index (χ0) is 19.5. The number of morpholine rings is 1. The van der Waals surface area contributed by atoms with E-state index in [-0.39, 0.29) is 5.88 Å². The number of azo groups is 1. The Hall–Kier alpha value is -2.61. The quantitative estimate of drug-likeness (QED) is 0.526. The number of hydrogen-bond donors (Lipinski definition) is 1. The fourth-order valence-electron chi connectivity index (χ4n) is 3.42. The summed E-state index contributed by atoms with van der Waals surface area (Å²) in [5, 5.41) is 20.3. The molecular weight excluding hydrogens is 372 g/mol. The predicted octanol–water partition coefficient (Wildman–Crippen LogP) is 4.40. The summed E-state index contributed by atoms with van der Waals surface area (Å²) in [4.78, 5) is 2.65. The van der Waals surface area contributed by atoms with Crippen LogP contribution >= 0.6 is 12.2 Å². The van der Waals surface area contributed by atoms with Crippen LogP contribution in [0.4, 0.5) is 5.69 Å². The van der Waals surface area contributed by atoms with E-state index in [2.05, 4.69) is 15.1 Å². The van der Waals surface area contributed by atoms with Gasteiger partial charge in [0.1, 0.15) is 0 Å². The Kier molecular flexibility index (Phi) is 5.47. The first-order valence-corrected chi connectivity index (χ1v) is 9.68. The average Bonchev–Trinajstić information content (AvgIpc) is 2.99. The van der Waals surface area contributed by atoms with E-state index in [4.69, 9.17) is 17.0 Å². The monoisotopic (exact) mass is 394 g/mol. The van der Waals surface area contributed by atoms with E-state index in [0.717, 1.165) is 35.1 Å². The molecule has 1 N–H and O–H groups in total. The lowest BCUT2D eigenvalue weighted by Crippen LogP contribution is -2.37. The Morgan fingerprint density at radius 1 is 1.11 bits per heavy atom. The summed E-state index contributed by atoms with van der Waals surface area (Å²) >= 11 is 5.44. The lowest BCUT2D eigenvalue weighted by Gasteiger charge is -2.27. The molecule has 0 aliphatic carbocycles. The van der Waals surface area contributed by atoms with Crippen LogP contribution in [0.3, 0.4) is 0 Å². The molecule has 0 spiro atoms. The third-order valence-corrected chi connectivity index (χ3v) is 5.28. The summed E-state index contributed by atoms with van der Waals surface area (Å²) in [7, 11) is 0. The Morgan fingerprint density at radius 2 is 1.82 bits per heavy atom. The average molecular weight is 395 g/mol. The highest BCUT2D eigenvalue weighted by Crippen LogP contribution is 2.39. The van der Waals surface area contributed by atoms with Gasteiger partial charge < -0.3 is 9.84 Å². The third-order valence-electron chi connectivity index (χ3n) is 4.98. The molecule has 0 amide bonds. The maximum atomic E-state index is 10.9. The number of hydrogen-bond acceptors (Lipinski definition) is 5. The van der Waals surface area contributed by atoms with Crippen LogP contribution in [0.1, 0.15) is 11.1 Å². The molecule has 1 saturated heterocycles. The fourth-order valence-corrected chi connectivity index (χ4v) is 3.69. The summed E-state index contributed by atoms with van der Waals surface area (Å²) in [5.41, 5.74) is 3.28. The van der Waals surface area contributed by atoms with Crippen LogP contribution in [-0.2, 0) is 11.4 Å². The number of thiocarbonyl (C=S) groups is 1. The highest BCUT2D eigenvalue weighted by Gasteiger charge is 2.19. The zero-order valence-electron chi connectivity index (χ0n) is 15.7. The molecule has 6 nitrogen and oxygen atoms in total. The van der Waals surface area contributed by atoms with Crippen LogP contribution in [0.25, 0.3) is 10.9 Å². The van der Waals surface area contributed by atoms with Crippen LogP contribution < -0.4 is 0 Å². The lowest BCUT2D eigenvalue weighted by molar-refractivity contribution is 0.0231. The molecule has 0 radical (unpaired) electrons. The number of fused-ring (bicyclic) bond motifs is 1. The maximum Gasteiger partial charge on any atom is 0.221 e. The highest BCUT2D eigenvalue weighted by atomic mass is 32.1. The molecule has 0 atom stereocenters. The van der Waals surface area contributed by atoms with Gasteiger partial charge in [-0.2, -0.15) is 0 Å². The standard InChI is InChI=1S/C21H22N4O2S/c1-15-6-2-3-7-16(15)20(28)23-22-19-17-8-4-5-9-18(17)25(21(19)26)14-24-10-12-27-13-11-24/h2-9,26H,10-14H2,1H3. The van der Waals surface area contributed by atoms with Crippen molar-refractivity contribution >= 4 is 33.8 Å². The molecular formula is C21H22N4O2S. The third kappa shape index (κ3) is 3.69. The Labute approximate surface area is 169 Å². The van der Waals surface area contributed by atoms with E-state index < -0.39 is 0 Å². The van der Waals surface area contributed by atoms with Crippen LogP contribution in [0, 0.1) is 6.92 Å². The molecule has 1 aliphatic heterocycles. The van der Waals surface area contributed by atoms with E-state index in [1.807, 2.05) is 60.0 Å². The van der Waals surface area contributed by atoms with E-state index in [0.29, 0.717) is 30.6 Å². The van der Waals surface area contributed by atoms with Gasteiger partial charge in [0, 0.05) is 24.0 Å². The molecule has 0 unspecified atom stereocenters. The molecule has 2 heterocycles. The fraction of sp³-hybridized carbons (Fsp3) is 0.286. The molecule has 3 aromatic rings. The number of aromatic nitrogens is 1. The van der Waals surface area contributed by atoms with Crippen molar-refractivity contribution < 1.29 is 9.84 Å². The minimum Gasteiger partial charge on any atom is -0.493 e. The van der Waals surface area contributed by atoms with Gasteiger partial charge >= 0.3 is 0 Å². The molecule has 7 heteroatoms. The van der Waals surface area contributed by atoms with Crippen molar-refractivity contribution in [2.24, 2.45) is 10.2 Å². The summed E-state index contributed by atoms with van der Waals surface area (Å²) in [6, 6.07) is 15.6. The number of aryl methyl sites for hydroxylation is 1. The second-order valence-corrected chi connectivity index (χ2v) is 7.20.